The molecule has 3 aliphatic rings. The Balaban J connectivity index is 1.20. The van der Waals surface area contributed by atoms with Gasteiger partial charge in [-0.3, -0.25) is 14.6 Å². The number of piperidine rings is 1. The van der Waals surface area contributed by atoms with Gasteiger partial charge in [0.05, 0.1) is 31.6 Å². The third kappa shape index (κ3) is 5.67. The molecule has 2 amide bonds. The van der Waals surface area contributed by atoms with Gasteiger partial charge in [-0.05, 0) is 38.0 Å². The largest absolute Gasteiger partial charge is 0.496 e. The number of anilines is 1. The van der Waals surface area contributed by atoms with Crippen LogP contribution in [0, 0.1) is 0 Å². The van der Waals surface area contributed by atoms with Crippen LogP contribution in [-0.2, 0) is 16.1 Å². The van der Waals surface area contributed by atoms with Crippen molar-refractivity contribution in [3.8, 4) is 11.5 Å². The van der Waals surface area contributed by atoms with E-state index in [1.807, 2.05) is 42.2 Å². The van der Waals surface area contributed by atoms with Crippen LogP contribution in [0.15, 0.2) is 42.5 Å². The van der Waals surface area contributed by atoms with Gasteiger partial charge in [0.15, 0.2) is 0 Å². The molecule has 0 aromatic heterocycles. The summed E-state index contributed by atoms with van der Waals surface area (Å²) in [4.78, 5) is 31.9. The van der Waals surface area contributed by atoms with E-state index in [1.54, 1.807) is 24.1 Å². The molecule has 5 rings (SSSR count). The number of methoxy groups -OCH3 is 1. The molecule has 0 saturated carbocycles. The zero-order valence-corrected chi connectivity index (χ0v) is 21.6. The molecule has 198 valence electrons. The number of hydrogen-bond acceptors (Lipinski definition) is 7. The summed E-state index contributed by atoms with van der Waals surface area (Å²) in [6.45, 7) is 7.58. The van der Waals surface area contributed by atoms with Crippen LogP contribution in [0.1, 0.15) is 35.7 Å². The Bertz CT molecular complexity index is 1110. The first kappa shape index (κ1) is 25.4. The summed E-state index contributed by atoms with van der Waals surface area (Å²) in [6, 6.07) is 13.2. The van der Waals surface area contributed by atoms with Gasteiger partial charge in [-0.1, -0.05) is 18.2 Å². The molecule has 3 heterocycles. The predicted molar refractivity (Wildman–Crippen MR) is 138 cm³/mol. The normalized spacial score (nSPS) is 19.7. The van der Waals surface area contributed by atoms with Crippen molar-refractivity contribution in [3.63, 3.8) is 0 Å². The summed E-state index contributed by atoms with van der Waals surface area (Å²) in [6.07, 6.45) is 1.04. The third-order valence-electron chi connectivity index (χ3n) is 7.28. The maximum atomic E-state index is 13.4. The number of ether oxygens (including phenoxy) is 4. The highest BCUT2D eigenvalue weighted by Crippen LogP contribution is 2.33. The minimum atomic E-state index is -0.316. The molecule has 2 fully saturated rings. The van der Waals surface area contributed by atoms with Crippen LogP contribution in [-0.4, -0.2) is 87.0 Å². The fourth-order valence-corrected chi connectivity index (χ4v) is 5.36. The summed E-state index contributed by atoms with van der Waals surface area (Å²) in [5, 5.41) is 0. The summed E-state index contributed by atoms with van der Waals surface area (Å²) < 4.78 is 22.5. The Morgan fingerprint density at radius 1 is 1.08 bits per heavy atom. The minimum Gasteiger partial charge on any atom is -0.496 e. The molecular formula is C28H35N3O6. The first-order chi connectivity index (χ1) is 18.0. The van der Waals surface area contributed by atoms with Crippen molar-refractivity contribution in [2.45, 2.75) is 38.5 Å². The highest BCUT2D eigenvalue weighted by atomic mass is 16.6. The van der Waals surface area contributed by atoms with Gasteiger partial charge in [0.2, 0.25) is 0 Å². The van der Waals surface area contributed by atoms with Gasteiger partial charge in [-0.2, -0.15) is 0 Å². The number of carbonyl (C=O) groups excluding carboxylic acids is 2. The van der Waals surface area contributed by atoms with Crippen molar-refractivity contribution in [1.29, 1.82) is 0 Å². The number of likely N-dealkylation sites (tertiary alicyclic amines) is 1. The SMILES string of the molecule is COc1cc(OC(C)CN2CCOCC2)ccc1C(=O)N1CCC(N2C(=O)OCc3ccccc32)CC1. The number of cyclic esters (lactones) is 1. The van der Waals surface area contributed by atoms with Gasteiger partial charge < -0.3 is 23.8 Å². The second kappa shape index (κ2) is 11.4. The molecule has 3 aliphatic heterocycles. The number of para-hydroxylation sites is 1. The van der Waals surface area contributed by atoms with Crippen molar-refractivity contribution >= 4 is 17.7 Å². The van der Waals surface area contributed by atoms with Gasteiger partial charge in [0.25, 0.3) is 5.91 Å². The van der Waals surface area contributed by atoms with Gasteiger partial charge >= 0.3 is 6.09 Å². The van der Waals surface area contributed by atoms with E-state index in [0.29, 0.717) is 49.6 Å². The van der Waals surface area contributed by atoms with Crippen molar-refractivity contribution < 1.29 is 28.5 Å². The fraction of sp³-hybridized carbons (Fsp3) is 0.500. The lowest BCUT2D eigenvalue weighted by atomic mass is 10.00. The van der Waals surface area contributed by atoms with Crippen LogP contribution in [0.2, 0.25) is 0 Å². The summed E-state index contributed by atoms with van der Waals surface area (Å²) >= 11 is 0. The van der Waals surface area contributed by atoms with Gasteiger partial charge in [-0.15, -0.1) is 0 Å². The Kier molecular flexibility index (Phi) is 7.81. The van der Waals surface area contributed by atoms with E-state index in [0.717, 1.165) is 44.1 Å². The van der Waals surface area contributed by atoms with Crippen LogP contribution in [0.5, 0.6) is 11.5 Å². The van der Waals surface area contributed by atoms with E-state index in [9.17, 15) is 9.59 Å². The standard InChI is InChI=1S/C28H35N3O6/c1-20(18-29-13-15-35-16-14-29)37-23-7-8-24(26(17-23)34-2)27(32)30-11-9-22(10-12-30)31-25-6-4-3-5-21(25)19-36-28(31)33/h3-8,17,20,22H,9-16,18-19H2,1-2H3. The molecule has 1 unspecified atom stereocenters. The maximum Gasteiger partial charge on any atom is 0.414 e. The van der Waals surface area contributed by atoms with E-state index in [1.165, 1.54) is 0 Å². The Morgan fingerprint density at radius 3 is 2.59 bits per heavy atom. The topological polar surface area (TPSA) is 80.8 Å². The van der Waals surface area contributed by atoms with Gasteiger partial charge in [0, 0.05) is 50.4 Å². The van der Waals surface area contributed by atoms with Crippen LogP contribution in [0.25, 0.3) is 0 Å². The van der Waals surface area contributed by atoms with E-state index in [4.69, 9.17) is 18.9 Å². The average molecular weight is 510 g/mol. The average Bonchev–Trinajstić information content (AvgIpc) is 2.93. The molecule has 2 saturated heterocycles. The molecule has 0 aliphatic carbocycles. The van der Waals surface area contributed by atoms with Crippen LogP contribution >= 0.6 is 0 Å². The molecule has 0 radical (unpaired) electrons. The molecule has 0 spiro atoms. The second-order valence-electron chi connectivity index (χ2n) is 9.78. The molecule has 0 N–H and O–H groups in total. The van der Waals surface area contributed by atoms with E-state index in [2.05, 4.69) is 4.90 Å². The van der Waals surface area contributed by atoms with E-state index < -0.39 is 0 Å². The monoisotopic (exact) mass is 509 g/mol. The van der Waals surface area contributed by atoms with Crippen molar-refractivity contribution in [2.24, 2.45) is 0 Å². The summed E-state index contributed by atoms with van der Waals surface area (Å²) in [5.41, 5.74) is 2.42. The fourth-order valence-electron chi connectivity index (χ4n) is 5.36. The molecule has 1 atom stereocenters. The molecule has 0 bridgehead atoms. The zero-order chi connectivity index (χ0) is 25.8. The number of carbonyl (C=O) groups is 2. The Hall–Kier alpha value is -3.30. The number of nitrogens with zero attached hydrogens (tertiary/aromatic N) is 3. The molecule has 2 aromatic carbocycles. The molecular weight excluding hydrogens is 474 g/mol. The van der Waals surface area contributed by atoms with Crippen LogP contribution in [0.3, 0.4) is 0 Å². The number of benzene rings is 2. The lowest BCUT2D eigenvalue weighted by Crippen LogP contribution is -2.50. The summed E-state index contributed by atoms with van der Waals surface area (Å²) in [7, 11) is 1.57. The van der Waals surface area contributed by atoms with Crippen molar-refractivity contribution in [3.05, 3.63) is 53.6 Å². The van der Waals surface area contributed by atoms with E-state index >= 15 is 0 Å². The van der Waals surface area contributed by atoms with Gasteiger partial charge in [-0.25, -0.2) is 4.79 Å². The summed E-state index contributed by atoms with van der Waals surface area (Å²) in [5.74, 6) is 1.09. The first-order valence-electron chi connectivity index (χ1n) is 13.0. The van der Waals surface area contributed by atoms with Crippen LogP contribution < -0.4 is 14.4 Å². The Labute approximate surface area is 217 Å². The molecule has 37 heavy (non-hydrogen) atoms. The number of fused-ring (bicyclic) bond motifs is 1. The molecule has 9 nitrogen and oxygen atoms in total. The third-order valence-corrected chi connectivity index (χ3v) is 7.28. The van der Waals surface area contributed by atoms with Crippen molar-refractivity contribution in [1.82, 2.24) is 9.80 Å². The van der Waals surface area contributed by atoms with E-state index in [-0.39, 0.29) is 24.1 Å². The zero-order valence-electron chi connectivity index (χ0n) is 21.6. The lowest BCUT2D eigenvalue weighted by molar-refractivity contribution is 0.0218. The van der Waals surface area contributed by atoms with Crippen LogP contribution in [0.4, 0.5) is 10.5 Å². The number of rotatable bonds is 7. The van der Waals surface area contributed by atoms with Crippen molar-refractivity contribution in [2.75, 3.05) is 57.9 Å². The quantitative estimate of drug-likeness (QED) is 0.565. The number of morpholine rings is 1. The maximum absolute atomic E-state index is 13.4. The highest BCUT2D eigenvalue weighted by Gasteiger charge is 2.35. The first-order valence-corrected chi connectivity index (χ1v) is 13.0. The predicted octanol–water partition coefficient (Wildman–Crippen LogP) is 3.56. The highest BCUT2D eigenvalue weighted by molar-refractivity contribution is 5.97. The lowest BCUT2D eigenvalue weighted by Gasteiger charge is -2.40. The number of amides is 2. The smallest absolute Gasteiger partial charge is 0.414 e. The number of hydrogen-bond donors (Lipinski definition) is 0. The second-order valence-corrected chi connectivity index (χ2v) is 9.78. The molecule has 9 heteroatoms. The molecule has 2 aromatic rings. The Morgan fingerprint density at radius 2 is 1.84 bits per heavy atom. The van der Waals surface area contributed by atoms with Gasteiger partial charge in [0.1, 0.15) is 24.2 Å². The minimum absolute atomic E-state index is 0.00464.